The molecule has 3 aromatic rings. The fourth-order valence-electron chi connectivity index (χ4n) is 5.41. The summed E-state index contributed by atoms with van der Waals surface area (Å²) in [6.45, 7) is 3.59. The van der Waals surface area contributed by atoms with Gasteiger partial charge in [-0.05, 0) is 37.1 Å². The minimum absolute atomic E-state index is 0.0224. The zero-order chi connectivity index (χ0) is 28.9. The molecule has 2 aliphatic rings. The Kier molecular flexibility index (Phi) is 8.61. The fourth-order valence-corrected chi connectivity index (χ4v) is 5.41. The summed E-state index contributed by atoms with van der Waals surface area (Å²) in [6.07, 6.45) is 0.304. The highest BCUT2D eigenvalue weighted by Crippen LogP contribution is 2.35. The van der Waals surface area contributed by atoms with Crippen molar-refractivity contribution >= 4 is 17.7 Å². The van der Waals surface area contributed by atoms with Gasteiger partial charge in [-0.15, -0.1) is 0 Å². The van der Waals surface area contributed by atoms with Crippen molar-refractivity contribution in [1.82, 2.24) is 20.3 Å². The van der Waals surface area contributed by atoms with Crippen LogP contribution in [0.5, 0.6) is 5.75 Å². The van der Waals surface area contributed by atoms with Crippen LogP contribution in [0.15, 0.2) is 53.1 Å². The summed E-state index contributed by atoms with van der Waals surface area (Å²) in [7, 11) is 0. The van der Waals surface area contributed by atoms with E-state index < -0.39 is 17.6 Å². The van der Waals surface area contributed by atoms with Gasteiger partial charge in [-0.1, -0.05) is 29.4 Å². The summed E-state index contributed by atoms with van der Waals surface area (Å²) in [5.74, 6) is -2.52. The van der Waals surface area contributed by atoms with E-state index in [2.05, 4.69) is 10.5 Å². The Labute approximate surface area is 236 Å². The minimum Gasteiger partial charge on any atom is -0.492 e. The van der Waals surface area contributed by atoms with E-state index in [0.29, 0.717) is 43.3 Å². The predicted molar refractivity (Wildman–Crippen MR) is 144 cm³/mol. The number of nitrogens with one attached hydrogen (secondary N) is 1. The molecule has 1 saturated heterocycles. The van der Waals surface area contributed by atoms with Gasteiger partial charge in [0, 0.05) is 43.7 Å². The van der Waals surface area contributed by atoms with E-state index in [1.165, 1.54) is 17.0 Å². The van der Waals surface area contributed by atoms with Crippen molar-refractivity contribution in [3.8, 4) is 5.75 Å². The largest absolute Gasteiger partial charge is 0.492 e. The van der Waals surface area contributed by atoms with E-state index in [1.54, 1.807) is 24.0 Å². The maximum absolute atomic E-state index is 14.2. The average molecular weight is 567 g/mol. The molecule has 41 heavy (non-hydrogen) atoms. The first-order valence-electron chi connectivity index (χ1n) is 13.7. The Morgan fingerprint density at radius 3 is 2.59 bits per heavy atom. The maximum Gasteiger partial charge on any atom is 0.230 e. The van der Waals surface area contributed by atoms with Crippen LogP contribution in [-0.4, -0.2) is 72.0 Å². The number of carbonyl (C=O) groups excluding carboxylic acids is 3. The molecule has 5 rings (SSSR count). The third-order valence-corrected chi connectivity index (χ3v) is 7.56. The SMILES string of the molecule is Cc1cc(CC(=O)N2CCCNC(=O)[C@H]3CN(C(=O)Cc4cccc(F)c4F)C[C@@H]3c3cccc(c3)OCC2)on1. The molecule has 2 bridgehead atoms. The number of carbonyl (C=O) groups is 3. The van der Waals surface area contributed by atoms with E-state index in [9.17, 15) is 23.2 Å². The number of halogens is 2. The van der Waals surface area contributed by atoms with Crippen molar-refractivity contribution in [2.24, 2.45) is 5.92 Å². The summed E-state index contributed by atoms with van der Waals surface area (Å²) in [6, 6.07) is 12.9. The van der Waals surface area contributed by atoms with Crippen molar-refractivity contribution in [3.05, 3.63) is 82.7 Å². The van der Waals surface area contributed by atoms with E-state index in [-0.39, 0.29) is 61.7 Å². The Morgan fingerprint density at radius 1 is 1.00 bits per heavy atom. The molecule has 3 amide bonds. The number of hydrogen-bond acceptors (Lipinski definition) is 6. The lowest BCUT2D eigenvalue weighted by atomic mass is 9.88. The van der Waals surface area contributed by atoms with Gasteiger partial charge in [0.2, 0.25) is 17.7 Å². The Balaban J connectivity index is 1.30. The zero-order valence-corrected chi connectivity index (χ0v) is 22.8. The molecule has 2 aromatic carbocycles. The number of likely N-dealkylation sites (tertiary alicyclic amines) is 1. The Morgan fingerprint density at radius 2 is 1.78 bits per heavy atom. The molecule has 0 spiro atoms. The van der Waals surface area contributed by atoms with Crippen LogP contribution in [0, 0.1) is 24.5 Å². The lowest BCUT2D eigenvalue weighted by Gasteiger charge is -2.24. The summed E-state index contributed by atoms with van der Waals surface area (Å²) in [5.41, 5.74) is 1.51. The Hall–Kier alpha value is -4.28. The average Bonchev–Trinajstić information content (AvgIpc) is 3.58. The van der Waals surface area contributed by atoms with Crippen molar-refractivity contribution < 1.29 is 32.4 Å². The second-order valence-electron chi connectivity index (χ2n) is 10.5. The standard InChI is InChI=1S/C30H32F2N4O5/c1-19-13-23(41-34-19)16-28(38)35-10-4-9-33-30(39)25-18-36(27(37)15-21-6-3-8-26(31)29(21)32)17-24(25)20-5-2-7-22(14-20)40-12-11-35/h2-3,5-8,13-14,24-25H,4,9-12,15-18H2,1H3,(H,33,39)/t24-,25+/m1/s1. The summed E-state index contributed by atoms with van der Waals surface area (Å²) >= 11 is 0. The smallest absolute Gasteiger partial charge is 0.230 e. The molecule has 216 valence electrons. The highest BCUT2D eigenvalue weighted by atomic mass is 19.2. The van der Waals surface area contributed by atoms with E-state index >= 15 is 0 Å². The molecule has 2 aliphatic heterocycles. The molecule has 1 fully saturated rings. The van der Waals surface area contributed by atoms with Crippen LogP contribution >= 0.6 is 0 Å². The van der Waals surface area contributed by atoms with E-state index in [4.69, 9.17) is 9.26 Å². The molecule has 9 nitrogen and oxygen atoms in total. The number of amides is 3. The van der Waals surface area contributed by atoms with Gasteiger partial charge in [-0.25, -0.2) is 8.78 Å². The van der Waals surface area contributed by atoms with E-state index in [1.807, 2.05) is 18.2 Å². The van der Waals surface area contributed by atoms with Gasteiger partial charge in [0.1, 0.15) is 18.1 Å². The quantitative estimate of drug-likeness (QED) is 0.521. The van der Waals surface area contributed by atoms with Crippen LogP contribution in [0.25, 0.3) is 0 Å². The molecule has 11 heteroatoms. The van der Waals surface area contributed by atoms with Crippen LogP contribution in [0.1, 0.15) is 34.9 Å². The van der Waals surface area contributed by atoms with Crippen LogP contribution in [0.3, 0.4) is 0 Å². The third-order valence-electron chi connectivity index (χ3n) is 7.56. The zero-order valence-electron chi connectivity index (χ0n) is 22.8. The number of hydrogen-bond donors (Lipinski definition) is 1. The van der Waals surface area contributed by atoms with Crippen LogP contribution in [0.4, 0.5) is 8.78 Å². The number of aromatic nitrogens is 1. The predicted octanol–water partition coefficient (Wildman–Crippen LogP) is 3.02. The molecule has 1 N–H and O–H groups in total. The molecule has 2 atom stereocenters. The molecule has 0 radical (unpaired) electrons. The number of ether oxygens (including phenoxy) is 1. The number of aryl methyl sites for hydroxylation is 1. The number of benzene rings is 2. The molecule has 0 saturated carbocycles. The normalized spacial score (nSPS) is 19.6. The van der Waals surface area contributed by atoms with Crippen LogP contribution in [-0.2, 0) is 27.2 Å². The highest BCUT2D eigenvalue weighted by molar-refractivity contribution is 5.84. The summed E-state index contributed by atoms with van der Waals surface area (Å²) in [5, 5.41) is 6.81. The molecular formula is C30H32F2N4O5. The van der Waals surface area contributed by atoms with Crippen molar-refractivity contribution in [2.75, 3.05) is 39.3 Å². The molecule has 0 aliphatic carbocycles. The maximum atomic E-state index is 14.2. The first-order chi connectivity index (χ1) is 19.8. The Bertz CT molecular complexity index is 1430. The summed E-state index contributed by atoms with van der Waals surface area (Å²) < 4.78 is 39.1. The topological polar surface area (TPSA) is 105 Å². The monoisotopic (exact) mass is 566 g/mol. The molecule has 3 heterocycles. The lowest BCUT2D eigenvalue weighted by molar-refractivity contribution is -0.131. The highest BCUT2D eigenvalue weighted by Gasteiger charge is 2.40. The molecular weight excluding hydrogens is 534 g/mol. The van der Waals surface area contributed by atoms with Crippen molar-refractivity contribution in [3.63, 3.8) is 0 Å². The van der Waals surface area contributed by atoms with Gasteiger partial charge in [0.05, 0.1) is 31.0 Å². The van der Waals surface area contributed by atoms with Crippen LogP contribution < -0.4 is 10.1 Å². The minimum atomic E-state index is -1.04. The molecule has 0 unspecified atom stereocenters. The first kappa shape index (κ1) is 28.3. The first-order valence-corrected chi connectivity index (χ1v) is 13.7. The van der Waals surface area contributed by atoms with Gasteiger partial charge in [0.25, 0.3) is 0 Å². The van der Waals surface area contributed by atoms with Gasteiger partial charge < -0.3 is 24.4 Å². The van der Waals surface area contributed by atoms with Crippen molar-refractivity contribution in [2.45, 2.75) is 32.1 Å². The third kappa shape index (κ3) is 6.72. The van der Waals surface area contributed by atoms with Gasteiger partial charge >= 0.3 is 0 Å². The summed E-state index contributed by atoms with van der Waals surface area (Å²) in [4.78, 5) is 42.7. The second kappa shape index (κ2) is 12.5. The van der Waals surface area contributed by atoms with E-state index in [0.717, 1.165) is 11.6 Å². The second-order valence-corrected chi connectivity index (χ2v) is 10.5. The number of nitrogens with zero attached hydrogens (tertiary/aromatic N) is 3. The number of fused-ring (bicyclic) bond motifs is 4. The van der Waals surface area contributed by atoms with Crippen LogP contribution in [0.2, 0.25) is 0 Å². The van der Waals surface area contributed by atoms with Gasteiger partial charge in [-0.3, -0.25) is 14.4 Å². The number of rotatable bonds is 4. The molecule has 1 aromatic heterocycles. The van der Waals surface area contributed by atoms with Gasteiger partial charge in [-0.2, -0.15) is 0 Å². The van der Waals surface area contributed by atoms with Crippen molar-refractivity contribution in [1.29, 1.82) is 0 Å². The lowest BCUT2D eigenvalue weighted by Crippen LogP contribution is -2.40. The fraction of sp³-hybridized carbons (Fsp3) is 0.400. The van der Waals surface area contributed by atoms with Gasteiger partial charge in [0.15, 0.2) is 11.6 Å².